The smallest absolute Gasteiger partial charge is 0.191 e. The lowest BCUT2D eigenvalue weighted by Gasteiger charge is -2.36. The second kappa shape index (κ2) is 10.8. The maximum atomic E-state index is 6.38. The molecule has 1 N–H and O–H groups in total. The number of nitrogens with zero attached hydrogens (tertiary/aromatic N) is 1. The molecular weight excluding hydrogens is 396 g/mol. The van der Waals surface area contributed by atoms with Gasteiger partial charge in [-0.25, -0.2) is 5.43 Å². The van der Waals surface area contributed by atoms with Gasteiger partial charge in [-0.3, -0.25) is 5.01 Å². The van der Waals surface area contributed by atoms with Gasteiger partial charge >= 0.3 is 0 Å². The molecule has 1 aliphatic rings. The molecule has 1 aliphatic carbocycles. The quantitative estimate of drug-likeness (QED) is 0.234. The summed E-state index contributed by atoms with van der Waals surface area (Å²) in [4.78, 5) is 0. The summed E-state index contributed by atoms with van der Waals surface area (Å²) in [5.74, 6) is 0.739. The molecule has 0 saturated heterocycles. The second-order valence-electron chi connectivity index (χ2n) is 10.5. The van der Waals surface area contributed by atoms with Crippen LogP contribution in [0.15, 0.2) is 60.7 Å². The third-order valence-corrected chi connectivity index (χ3v) is 11.8. The van der Waals surface area contributed by atoms with Gasteiger partial charge in [0.1, 0.15) is 0 Å². The van der Waals surface area contributed by atoms with Crippen LogP contribution < -0.4 is 10.4 Å². The van der Waals surface area contributed by atoms with Crippen LogP contribution in [0.2, 0.25) is 18.1 Å². The average Bonchev–Trinajstić information content (AvgIpc) is 3.19. The molecule has 4 heteroatoms. The molecular formula is C27H42N2OSi. The first-order valence-electron chi connectivity index (χ1n) is 12.1. The topological polar surface area (TPSA) is 24.5 Å². The molecule has 3 rings (SSSR count). The Morgan fingerprint density at radius 2 is 1.48 bits per heavy atom. The molecule has 0 aliphatic heterocycles. The first-order valence-corrected chi connectivity index (χ1v) is 15.0. The molecule has 0 spiro atoms. The maximum absolute atomic E-state index is 6.38. The summed E-state index contributed by atoms with van der Waals surface area (Å²) in [6.07, 6.45) is 7.63. The van der Waals surface area contributed by atoms with Crippen LogP contribution in [0, 0.1) is 5.92 Å². The number of benzene rings is 2. The number of unbranched alkanes of at least 4 members (excludes halogenated alkanes) is 1. The Morgan fingerprint density at radius 1 is 0.903 bits per heavy atom. The first kappa shape index (κ1) is 24.0. The van der Waals surface area contributed by atoms with E-state index in [1.165, 1.54) is 49.9 Å². The molecule has 1 saturated carbocycles. The van der Waals surface area contributed by atoms with Gasteiger partial charge in [-0.2, -0.15) is 0 Å². The molecule has 31 heavy (non-hydrogen) atoms. The highest BCUT2D eigenvalue weighted by molar-refractivity contribution is 6.74. The lowest BCUT2D eigenvalue weighted by molar-refractivity contribution is 0.269. The van der Waals surface area contributed by atoms with E-state index < -0.39 is 8.32 Å². The van der Waals surface area contributed by atoms with Crippen LogP contribution in [0.3, 0.4) is 0 Å². The van der Waals surface area contributed by atoms with Crippen molar-refractivity contribution in [3.63, 3.8) is 0 Å². The van der Waals surface area contributed by atoms with Gasteiger partial charge in [-0.1, -0.05) is 70.0 Å². The molecule has 0 bridgehead atoms. The van der Waals surface area contributed by atoms with Crippen LogP contribution in [0.4, 0.5) is 11.4 Å². The Bertz CT molecular complexity index is 733. The predicted molar refractivity (Wildman–Crippen MR) is 136 cm³/mol. The fourth-order valence-corrected chi connectivity index (χ4v) is 5.31. The monoisotopic (exact) mass is 438 g/mol. The summed E-state index contributed by atoms with van der Waals surface area (Å²) in [7, 11) is -1.62. The largest absolute Gasteiger partial charge is 0.417 e. The molecule has 0 unspecified atom stereocenters. The van der Waals surface area contributed by atoms with Crippen molar-refractivity contribution in [2.75, 3.05) is 11.6 Å². The van der Waals surface area contributed by atoms with Gasteiger partial charge in [0.15, 0.2) is 8.32 Å². The highest BCUT2D eigenvalue weighted by Gasteiger charge is 2.37. The Labute approximate surface area is 191 Å². The zero-order chi connectivity index (χ0) is 22.3. The molecule has 0 radical (unpaired) electrons. The molecule has 3 nitrogen and oxygen atoms in total. The summed E-state index contributed by atoms with van der Waals surface area (Å²) < 4.78 is 6.38. The highest BCUT2D eigenvalue weighted by atomic mass is 28.4. The van der Waals surface area contributed by atoms with Gasteiger partial charge in [0.05, 0.1) is 11.4 Å². The van der Waals surface area contributed by atoms with E-state index in [1.54, 1.807) is 0 Å². The van der Waals surface area contributed by atoms with Crippen LogP contribution in [0.5, 0.6) is 0 Å². The zero-order valence-corrected chi connectivity index (χ0v) is 21.2. The van der Waals surface area contributed by atoms with E-state index in [1.807, 2.05) is 0 Å². The van der Waals surface area contributed by atoms with Crippen molar-refractivity contribution < 1.29 is 4.43 Å². The van der Waals surface area contributed by atoms with E-state index in [2.05, 4.69) is 105 Å². The normalized spacial score (nSPS) is 19.5. The van der Waals surface area contributed by atoms with Crippen molar-refractivity contribution in [3.8, 4) is 0 Å². The summed E-state index contributed by atoms with van der Waals surface area (Å²) >= 11 is 0. The summed E-state index contributed by atoms with van der Waals surface area (Å²) in [5.41, 5.74) is 6.29. The van der Waals surface area contributed by atoms with Gasteiger partial charge < -0.3 is 4.43 Å². The summed E-state index contributed by atoms with van der Waals surface area (Å²) in [5, 5.41) is 2.58. The van der Waals surface area contributed by atoms with E-state index in [0.717, 1.165) is 12.5 Å². The molecule has 0 heterocycles. The van der Waals surface area contributed by atoms with Crippen LogP contribution in [-0.2, 0) is 4.43 Å². The van der Waals surface area contributed by atoms with E-state index in [-0.39, 0.29) is 0 Å². The third-order valence-electron chi connectivity index (χ3n) is 7.22. The van der Waals surface area contributed by atoms with Crippen molar-refractivity contribution in [1.29, 1.82) is 0 Å². The van der Waals surface area contributed by atoms with Crippen LogP contribution in [-0.4, -0.2) is 21.0 Å². The van der Waals surface area contributed by atoms with Gasteiger partial charge in [0.25, 0.3) is 0 Å². The second-order valence-corrected chi connectivity index (χ2v) is 15.3. The summed E-state index contributed by atoms with van der Waals surface area (Å²) in [6, 6.07) is 21.9. The standard InChI is InChI=1S/C27H42N2OSi/c1-27(2,3)31(4,5)30-22-13-12-15-23-16-14-21-26(23)28-29(24-17-8-6-9-18-24)25-19-10-7-11-20-25/h6-11,17-20,23,26,28H,12-16,21-22H2,1-5H3/t23-,26+/m0/s1. The Kier molecular flexibility index (Phi) is 8.37. The van der Waals surface area contributed by atoms with Crippen molar-refractivity contribution in [3.05, 3.63) is 60.7 Å². The number of nitrogens with one attached hydrogen (secondary N) is 1. The number of hydrogen-bond acceptors (Lipinski definition) is 3. The lowest BCUT2D eigenvalue weighted by Crippen LogP contribution is -2.44. The van der Waals surface area contributed by atoms with E-state index >= 15 is 0 Å². The maximum Gasteiger partial charge on any atom is 0.191 e. The fourth-order valence-electron chi connectivity index (χ4n) is 4.22. The van der Waals surface area contributed by atoms with Gasteiger partial charge in [-0.15, -0.1) is 0 Å². The summed E-state index contributed by atoms with van der Waals surface area (Å²) in [6.45, 7) is 12.6. The van der Waals surface area contributed by atoms with Crippen molar-refractivity contribution in [2.24, 2.45) is 5.92 Å². The molecule has 1 fully saturated rings. The minimum Gasteiger partial charge on any atom is -0.417 e. The third kappa shape index (κ3) is 6.68. The molecule has 2 aromatic carbocycles. The Morgan fingerprint density at radius 3 is 2.03 bits per heavy atom. The Balaban J connectivity index is 1.54. The van der Waals surface area contributed by atoms with Crippen LogP contribution in [0.25, 0.3) is 0 Å². The van der Waals surface area contributed by atoms with Crippen LogP contribution in [0.1, 0.15) is 59.3 Å². The number of anilines is 2. The average molecular weight is 439 g/mol. The molecule has 2 aromatic rings. The number of para-hydroxylation sites is 2. The number of hydrogen-bond donors (Lipinski definition) is 1. The fraction of sp³-hybridized carbons (Fsp3) is 0.556. The SMILES string of the molecule is CC(C)(C)[Si](C)(C)OCCCC[C@H]1CCC[C@H]1NN(c1ccccc1)c1ccccc1. The van der Waals surface area contributed by atoms with E-state index in [0.29, 0.717) is 11.1 Å². The first-order chi connectivity index (χ1) is 14.8. The molecule has 0 aromatic heterocycles. The lowest BCUT2D eigenvalue weighted by atomic mass is 9.97. The van der Waals surface area contributed by atoms with Gasteiger partial charge in [0, 0.05) is 12.6 Å². The van der Waals surface area contributed by atoms with Crippen molar-refractivity contribution in [1.82, 2.24) is 5.43 Å². The van der Waals surface area contributed by atoms with Crippen molar-refractivity contribution in [2.45, 2.75) is 83.5 Å². The zero-order valence-electron chi connectivity index (χ0n) is 20.2. The number of rotatable bonds is 10. The van der Waals surface area contributed by atoms with E-state index in [4.69, 9.17) is 4.43 Å². The van der Waals surface area contributed by atoms with Gasteiger partial charge in [-0.05, 0) is 74.0 Å². The van der Waals surface area contributed by atoms with Crippen molar-refractivity contribution >= 4 is 19.7 Å². The Hall–Kier alpha value is -1.62. The number of hydrazine groups is 1. The molecule has 2 atom stereocenters. The molecule has 170 valence electrons. The van der Waals surface area contributed by atoms with Crippen LogP contribution >= 0.6 is 0 Å². The highest BCUT2D eigenvalue weighted by Crippen LogP contribution is 2.37. The van der Waals surface area contributed by atoms with Gasteiger partial charge in [0.2, 0.25) is 0 Å². The minimum absolute atomic E-state index is 0.297. The van der Waals surface area contributed by atoms with E-state index in [9.17, 15) is 0 Å². The minimum atomic E-state index is -1.62. The molecule has 0 amide bonds. The predicted octanol–water partition coefficient (Wildman–Crippen LogP) is 7.69.